The van der Waals surface area contributed by atoms with Gasteiger partial charge in [0, 0.05) is 13.5 Å². The zero-order chi connectivity index (χ0) is 12.3. The molecule has 2 unspecified atom stereocenters. The minimum absolute atomic E-state index is 0.102. The Morgan fingerprint density at radius 3 is 2.71 bits per heavy atom. The van der Waals surface area contributed by atoms with Crippen molar-refractivity contribution in [1.82, 2.24) is 5.32 Å². The fourth-order valence-corrected chi connectivity index (χ4v) is 3.10. The molecule has 0 bridgehead atoms. The molecule has 2 rings (SSSR count). The summed E-state index contributed by atoms with van der Waals surface area (Å²) in [5.74, 6) is 0.157. The number of hydrogen-bond donors (Lipinski definition) is 2. The summed E-state index contributed by atoms with van der Waals surface area (Å²) in [5.41, 5.74) is 5.88. The predicted molar refractivity (Wildman–Crippen MR) is 66.5 cm³/mol. The molecule has 4 nitrogen and oxygen atoms in total. The van der Waals surface area contributed by atoms with Crippen molar-refractivity contribution in [2.45, 2.75) is 57.1 Å². The maximum atomic E-state index is 12.0. The molecule has 0 aliphatic heterocycles. The van der Waals surface area contributed by atoms with Crippen molar-refractivity contribution in [3.8, 4) is 0 Å². The number of nitrogens with one attached hydrogen (secondary N) is 1. The van der Waals surface area contributed by atoms with Crippen molar-refractivity contribution in [2.75, 3.05) is 13.7 Å². The van der Waals surface area contributed by atoms with Crippen LogP contribution in [0.3, 0.4) is 0 Å². The Balaban J connectivity index is 1.80. The molecule has 2 fully saturated rings. The SMILES string of the molecule is COC1CCCC1NC(=O)CC1(CN)CCC1. The molecule has 4 heteroatoms. The Kier molecular flexibility index (Phi) is 4.05. The zero-order valence-corrected chi connectivity index (χ0v) is 10.7. The van der Waals surface area contributed by atoms with Crippen molar-refractivity contribution < 1.29 is 9.53 Å². The Morgan fingerprint density at radius 1 is 1.41 bits per heavy atom. The van der Waals surface area contributed by atoms with Crippen LogP contribution in [0, 0.1) is 5.41 Å². The summed E-state index contributed by atoms with van der Waals surface area (Å²) in [4.78, 5) is 12.0. The number of rotatable bonds is 5. The predicted octanol–water partition coefficient (Wildman–Crippen LogP) is 1.19. The summed E-state index contributed by atoms with van der Waals surface area (Å²) in [5, 5.41) is 3.12. The summed E-state index contributed by atoms with van der Waals surface area (Å²) in [6.07, 6.45) is 7.47. The Morgan fingerprint density at radius 2 is 2.18 bits per heavy atom. The van der Waals surface area contributed by atoms with Crippen LogP contribution in [0.4, 0.5) is 0 Å². The second-order valence-electron chi connectivity index (χ2n) is 5.61. The van der Waals surface area contributed by atoms with Gasteiger partial charge in [0.15, 0.2) is 0 Å². The molecule has 0 spiro atoms. The maximum absolute atomic E-state index is 12.0. The molecule has 1 amide bonds. The number of amides is 1. The third-order valence-corrected chi connectivity index (χ3v) is 4.48. The molecule has 3 N–H and O–H groups in total. The highest BCUT2D eigenvalue weighted by atomic mass is 16.5. The van der Waals surface area contributed by atoms with Crippen molar-refractivity contribution in [2.24, 2.45) is 11.1 Å². The van der Waals surface area contributed by atoms with Crippen molar-refractivity contribution in [1.29, 1.82) is 0 Å². The summed E-state index contributed by atoms with van der Waals surface area (Å²) in [6, 6.07) is 0.211. The number of carbonyl (C=O) groups excluding carboxylic acids is 1. The zero-order valence-electron chi connectivity index (χ0n) is 10.7. The van der Waals surface area contributed by atoms with Crippen molar-refractivity contribution in [3.63, 3.8) is 0 Å². The van der Waals surface area contributed by atoms with E-state index in [0.717, 1.165) is 32.1 Å². The number of nitrogens with two attached hydrogens (primary N) is 1. The van der Waals surface area contributed by atoms with E-state index in [-0.39, 0.29) is 23.5 Å². The molecule has 0 heterocycles. The monoisotopic (exact) mass is 240 g/mol. The van der Waals surface area contributed by atoms with Crippen LogP contribution in [0.2, 0.25) is 0 Å². The highest BCUT2D eigenvalue weighted by molar-refractivity contribution is 5.77. The number of carbonyl (C=O) groups is 1. The van der Waals surface area contributed by atoms with Gasteiger partial charge in [-0.3, -0.25) is 4.79 Å². The molecule has 0 aromatic heterocycles. The lowest BCUT2D eigenvalue weighted by Gasteiger charge is -2.40. The molecule has 0 saturated heterocycles. The maximum Gasteiger partial charge on any atom is 0.220 e. The van der Waals surface area contributed by atoms with Gasteiger partial charge in [-0.25, -0.2) is 0 Å². The average molecular weight is 240 g/mol. The van der Waals surface area contributed by atoms with E-state index in [1.54, 1.807) is 7.11 Å². The molecular formula is C13H24N2O2. The van der Waals surface area contributed by atoms with Crippen LogP contribution in [-0.2, 0) is 9.53 Å². The minimum Gasteiger partial charge on any atom is -0.379 e. The van der Waals surface area contributed by atoms with E-state index in [4.69, 9.17) is 10.5 Å². The van der Waals surface area contributed by atoms with Gasteiger partial charge < -0.3 is 15.8 Å². The topological polar surface area (TPSA) is 64.3 Å². The lowest BCUT2D eigenvalue weighted by Crippen LogP contribution is -2.46. The Labute approximate surface area is 103 Å². The highest BCUT2D eigenvalue weighted by Crippen LogP contribution is 2.42. The molecular weight excluding hydrogens is 216 g/mol. The van der Waals surface area contributed by atoms with Crippen LogP contribution in [0.5, 0.6) is 0 Å². The van der Waals surface area contributed by atoms with E-state index in [1.807, 2.05) is 0 Å². The van der Waals surface area contributed by atoms with Crippen molar-refractivity contribution >= 4 is 5.91 Å². The highest BCUT2D eigenvalue weighted by Gasteiger charge is 2.38. The third-order valence-electron chi connectivity index (χ3n) is 4.48. The van der Waals surface area contributed by atoms with E-state index in [0.29, 0.717) is 13.0 Å². The molecule has 2 atom stereocenters. The van der Waals surface area contributed by atoms with E-state index in [1.165, 1.54) is 6.42 Å². The normalized spacial score (nSPS) is 30.9. The largest absolute Gasteiger partial charge is 0.379 e. The van der Waals surface area contributed by atoms with Crippen LogP contribution in [0.1, 0.15) is 44.9 Å². The average Bonchev–Trinajstić information content (AvgIpc) is 2.70. The molecule has 2 saturated carbocycles. The van der Waals surface area contributed by atoms with E-state index >= 15 is 0 Å². The van der Waals surface area contributed by atoms with Gasteiger partial charge >= 0.3 is 0 Å². The standard InChI is InChI=1S/C13H24N2O2/c1-17-11-5-2-4-10(11)15-12(16)8-13(9-14)6-3-7-13/h10-11H,2-9,14H2,1H3,(H,15,16). The quantitative estimate of drug-likeness (QED) is 0.758. The van der Waals surface area contributed by atoms with E-state index in [2.05, 4.69) is 5.32 Å². The summed E-state index contributed by atoms with van der Waals surface area (Å²) in [7, 11) is 1.72. The first-order valence-electron chi connectivity index (χ1n) is 6.71. The summed E-state index contributed by atoms with van der Waals surface area (Å²) < 4.78 is 5.38. The molecule has 0 aromatic carbocycles. The van der Waals surface area contributed by atoms with Crippen LogP contribution < -0.4 is 11.1 Å². The Hall–Kier alpha value is -0.610. The van der Waals surface area contributed by atoms with Gasteiger partial charge in [-0.2, -0.15) is 0 Å². The number of hydrogen-bond acceptors (Lipinski definition) is 3. The molecule has 2 aliphatic carbocycles. The third kappa shape index (κ3) is 2.80. The van der Waals surface area contributed by atoms with E-state index in [9.17, 15) is 4.79 Å². The lowest BCUT2D eigenvalue weighted by atomic mass is 9.66. The van der Waals surface area contributed by atoms with Gasteiger partial charge in [-0.05, 0) is 44.1 Å². The van der Waals surface area contributed by atoms with Crippen LogP contribution in [-0.4, -0.2) is 31.7 Å². The molecule has 0 aromatic rings. The lowest BCUT2D eigenvalue weighted by molar-refractivity contribution is -0.126. The first-order valence-corrected chi connectivity index (χ1v) is 6.71. The van der Waals surface area contributed by atoms with Gasteiger partial charge in [0.25, 0.3) is 0 Å². The second kappa shape index (κ2) is 5.36. The van der Waals surface area contributed by atoms with Crippen LogP contribution >= 0.6 is 0 Å². The molecule has 17 heavy (non-hydrogen) atoms. The first kappa shape index (κ1) is 12.8. The Bertz CT molecular complexity index is 271. The van der Waals surface area contributed by atoms with Gasteiger partial charge in [-0.15, -0.1) is 0 Å². The van der Waals surface area contributed by atoms with Gasteiger partial charge in [-0.1, -0.05) is 6.42 Å². The number of ether oxygens (including phenoxy) is 1. The van der Waals surface area contributed by atoms with Crippen LogP contribution in [0.15, 0.2) is 0 Å². The van der Waals surface area contributed by atoms with Gasteiger partial charge in [0.05, 0.1) is 12.1 Å². The summed E-state index contributed by atoms with van der Waals surface area (Å²) >= 11 is 0. The molecule has 0 radical (unpaired) electrons. The van der Waals surface area contributed by atoms with Gasteiger partial charge in [0.2, 0.25) is 5.91 Å². The van der Waals surface area contributed by atoms with Gasteiger partial charge in [0.1, 0.15) is 0 Å². The molecule has 2 aliphatic rings. The fraction of sp³-hybridized carbons (Fsp3) is 0.923. The smallest absolute Gasteiger partial charge is 0.220 e. The summed E-state index contributed by atoms with van der Waals surface area (Å²) in [6.45, 7) is 0.638. The minimum atomic E-state index is 0.102. The van der Waals surface area contributed by atoms with Crippen molar-refractivity contribution in [3.05, 3.63) is 0 Å². The van der Waals surface area contributed by atoms with E-state index < -0.39 is 0 Å². The fourth-order valence-electron chi connectivity index (χ4n) is 3.10. The number of methoxy groups -OCH3 is 1. The second-order valence-corrected chi connectivity index (χ2v) is 5.61. The van der Waals surface area contributed by atoms with Crippen LogP contribution in [0.25, 0.3) is 0 Å². The molecule has 98 valence electrons. The first-order chi connectivity index (χ1) is 8.19.